The van der Waals surface area contributed by atoms with Crippen molar-refractivity contribution in [2.45, 2.75) is 19.4 Å². The lowest BCUT2D eigenvalue weighted by atomic mass is 10.1. The highest BCUT2D eigenvalue weighted by atomic mass is 32.2. The second-order valence-electron chi connectivity index (χ2n) is 4.62. The van der Waals surface area contributed by atoms with Crippen molar-refractivity contribution in [1.82, 2.24) is 5.32 Å². The average Bonchev–Trinajstić information content (AvgIpc) is 2.44. The molecule has 0 bridgehead atoms. The first-order valence-corrected chi connectivity index (χ1v) is 7.84. The molecule has 0 radical (unpaired) electrons. The Bertz CT molecular complexity index is 519. The van der Waals surface area contributed by atoms with Crippen molar-refractivity contribution in [3.05, 3.63) is 23.8 Å². The molecule has 1 atom stereocenters. The van der Waals surface area contributed by atoms with Gasteiger partial charge in [-0.25, -0.2) is 0 Å². The van der Waals surface area contributed by atoms with Crippen molar-refractivity contribution in [3.63, 3.8) is 0 Å². The summed E-state index contributed by atoms with van der Waals surface area (Å²) in [5, 5.41) is 5.71. The number of fused-ring (bicyclic) bond motifs is 1. The van der Waals surface area contributed by atoms with Gasteiger partial charge in [-0.15, -0.1) is 0 Å². The molecule has 5 nitrogen and oxygen atoms in total. The normalized spacial score (nSPS) is 14.8. The number of rotatable bonds is 5. The molecule has 108 valence electrons. The molecule has 2 rings (SSSR count). The van der Waals surface area contributed by atoms with Crippen LogP contribution >= 0.6 is 11.8 Å². The molecular formula is C14H18N2O3S. The maximum absolute atomic E-state index is 11.7. The molecule has 2 N–H and O–H groups in total. The summed E-state index contributed by atoms with van der Waals surface area (Å²) in [6.07, 6.45) is 2.49. The number of amides is 2. The minimum Gasteiger partial charge on any atom is -0.482 e. The first-order valence-electron chi connectivity index (χ1n) is 6.45. The van der Waals surface area contributed by atoms with E-state index in [4.69, 9.17) is 4.74 Å². The molecule has 20 heavy (non-hydrogen) atoms. The summed E-state index contributed by atoms with van der Waals surface area (Å²) in [6, 6.07) is 5.45. The molecule has 0 aromatic heterocycles. The van der Waals surface area contributed by atoms with Gasteiger partial charge in [-0.3, -0.25) is 9.59 Å². The van der Waals surface area contributed by atoms with E-state index >= 15 is 0 Å². The predicted octanol–water partition coefficient (Wildman–Crippen LogP) is 1.95. The Morgan fingerprint density at radius 3 is 3.10 bits per heavy atom. The van der Waals surface area contributed by atoms with Crippen molar-refractivity contribution in [3.8, 4) is 5.75 Å². The van der Waals surface area contributed by atoms with Gasteiger partial charge in [0.2, 0.25) is 5.91 Å². The Morgan fingerprint density at radius 2 is 2.35 bits per heavy atom. The second kappa shape index (κ2) is 6.65. The number of hydrogen-bond donors (Lipinski definition) is 2. The SMILES string of the molecule is CSCCC(=O)NC(C)c1ccc2c(c1)NC(=O)CO2. The van der Waals surface area contributed by atoms with Crippen LogP contribution in [0.5, 0.6) is 5.75 Å². The minimum absolute atomic E-state index is 0.0323. The summed E-state index contributed by atoms with van der Waals surface area (Å²) in [6.45, 7) is 1.97. The van der Waals surface area contributed by atoms with Crippen molar-refractivity contribution in [1.29, 1.82) is 0 Å². The van der Waals surface area contributed by atoms with Crippen molar-refractivity contribution in [2.75, 3.05) is 23.9 Å². The van der Waals surface area contributed by atoms with E-state index in [1.807, 2.05) is 31.4 Å². The van der Waals surface area contributed by atoms with E-state index < -0.39 is 0 Å². The van der Waals surface area contributed by atoms with Crippen LogP contribution in [-0.2, 0) is 9.59 Å². The van der Waals surface area contributed by atoms with Crippen molar-refractivity contribution < 1.29 is 14.3 Å². The Balaban J connectivity index is 2.03. The van der Waals surface area contributed by atoms with E-state index in [0.29, 0.717) is 17.9 Å². The topological polar surface area (TPSA) is 67.4 Å². The zero-order chi connectivity index (χ0) is 14.5. The first-order chi connectivity index (χ1) is 9.60. The number of carbonyl (C=O) groups excluding carboxylic acids is 2. The zero-order valence-electron chi connectivity index (χ0n) is 11.6. The minimum atomic E-state index is -0.161. The first kappa shape index (κ1) is 14.7. The fourth-order valence-electron chi connectivity index (χ4n) is 1.96. The van der Waals surface area contributed by atoms with Gasteiger partial charge in [-0.2, -0.15) is 11.8 Å². The van der Waals surface area contributed by atoms with Gasteiger partial charge >= 0.3 is 0 Å². The second-order valence-corrected chi connectivity index (χ2v) is 5.61. The highest BCUT2D eigenvalue weighted by molar-refractivity contribution is 7.98. The third kappa shape index (κ3) is 3.66. The molecule has 1 aromatic rings. The summed E-state index contributed by atoms with van der Waals surface area (Å²) >= 11 is 1.65. The number of carbonyl (C=O) groups is 2. The lowest BCUT2D eigenvalue weighted by molar-refractivity contribution is -0.121. The third-order valence-electron chi connectivity index (χ3n) is 3.05. The van der Waals surface area contributed by atoms with Crippen molar-refractivity contribution >= 4 is 29.3 Å². The molecule has 1 aromatic carbocycles. The fourth-order valence-corrected chi connectivity index (χ4v) is 2.35. The number of anilines is 1. The third-order valence-corrected chi connectivity index (χ3v) is 3.66. The highest BCUT2D eigenvalue weighted by Gasteiger charge is 2.18. The molecule has 2 amide bonds. The van der Waals surface area contributed by atoms with E-state index in [0.717, 1.165) is 11.3 Å². The number of hydrogen-bond acceptors (Lipinski definition) is 4. The summed E-state index contributed by atoms with van der Waals surface area (Å²) in [5.74, 6) is 1.34. The van der Waals surface area contributed by atoms with Gasteiger partial charge in [0.15, 0.2) is 6.61 Å². The van der Waals surface area contributed by atoms with Crippen LogP contribution in [0.3, 0.4) is 0 Å². The van der Waals surface area contributed by atoms with E-state index in [9.17, 15) is 9.59 Å². The standard InChI is InChI=1S/C14H18N2O3S/c1-9(15-13(17)5-6-20-2)10-3-4-12-11(7-10)16-14(18)8-19-12/h3-4,7,9H,5-6,8H2,1-2H3,(H,15,17)(H,16,18). The van der Waals surface area contributed by atoms with E-state index in [1.165, 1.54) is 0 Å². The van der Waals surface area contributed by atoms with Gasteiger partial charge in [0.25, 0.3) is 5.91 Å². The van der Waals surface area contributed by atoms with Gasteiger partial charge in [-0.05, 0) is 30.9 Å². The number of nitrogens with one attached hydrogen (secondary N) is 2. The van der Waals surface area contributed by atoms with Crippen LogP contribution in [0.15, 0.2) is 18.2 Å². The van der Waals surface area contributed by atoms with Gasteiger partial charge in [-0.1, -0.05) is 6.07 Å². The Hall–Kier alpha value is -1.69. The number of ether oxygens (including phenoxy) is 1. The van der Waals surface area contributed by atoms with E-state index in [1.54, 1.807) is 11.8 Å². The van der Waals surface area contributed by atoms with Gasteiger partial charge in [0.05, 0.1) is 11.7 Å². The lowest BCUT2D eigenvalue weighted by Crippen LogP contribution is -2.28. The van der Waals surface area contributed by atoms with Crippen molar-refractivity contribution in [2.24, 2.45) is 0 Å². The average molecular weight is 294 g/mol. The lowest BCUT2D eigenvalue weighted by Gasteiger charge is -2.21. The fraction of sp³-hybridized carbons (Fsp3) is 0.429. The molecule has 0 saturated carbocycles. The maximum Gasteiger partial charge on any atom is 0.262 e. The molecule has 1 aliphatic heterocycles. The Labute approximate surface area is 122 Å². The number of thioether (sulfide) groups is 1. The predicted molar refractivity (Wildman–Crippen MR) is 80.1 cm³/mol. The maximum atomic E-state index is 11.7. The van der Waals surface area contributed by atoms with Gasteiger partial charge in [0, 0.05) is 12.2 Å². The van der Waals surface area contributed by atoms with Crippen LogP contribution in [0, 0.1) is 0 Å². The molecule has 1 heterocycles. The Kier molecular flexibility index (Phi) is 4.89. The molecule has 1 aliphatic rings. The molecule has 0 spiro atoms. The summed E-state index contributed by atoms with van der Waals surface area (Å²) < 4.78 is 5.30. The van der Waals surface area contributed by atoms with Crippen LogP contribution in [-0.4, -0.2) is 30.4 Å². The van der Waals surface area contributed by atoms with Crippen LogP contribution in [0.25, 0.3) is 0 Å². The molecule has 0 saturated heterocycles. The quantitative estimate of drug-likeness (QED) is 0.871. The summed E-state index contributed by atoms with van der Waals surface area (Å²) in [7, 11) is 0. The molecular weight excluding hydrogens is 276 g/mol. The summed E-state index contributed by atoms with van der Waals surface area (Å²) in [4.78, 5) is 23.0. The Morgan fingerprint density at radius 1 is 1.55 bits per heavy atom. The smallest absolute Gasteiger partial charge is 0.262 e. The molecule has 1 unspecified atom stereocenters. The highest BCUT2D eigenvalue weighted by Crippen LogP contribution is 2.30. The summed E-state index contributed by atoms with van der Waals surface area (Å²) in [5.41, 5.74) is 1.59. The zero-order valence-corrected chi connectivity index (χ0v) is 12.4. The van der Waals surface area contributed by atoms with E-state index in [2.05, 4.69) is 10.6 Å². The van der Waals surface area contributed by atoms with Gasteiger partial charge in [0.1, 0.15) is 5.75 Å². The van der Waals surface area contributed by atoms with Crippen LogP contribution in [0.1, 0.15) is 24.9 Å². The monoisotopic (exact) mass is 294 g/mol. The van der Waals surface area contributed by atoms with E-state index in [-0.39, 0.29) is 24.5 Å². The molecule has 6 heteroatoms. The van der Waals surface area contributed by atoms with Crippen LogP contribution in [0.4, 0.5) is 5.69 Å². The number of benzene rings is 1. The van der Waals surface area contributed by atoms with Gasteiger partial charge < -0.3 is 15.4 Å². The molecule has 0 fully saturated rings. The van der Waals surface area contributed by atoms with Crippen LogP contribution in [0.2, 0.25) is 0 Å². The largest absolute Gasteiger partial charge is 0.482 e. The van der Waals surface area contributed by atoms with Crippen LogP contribution < -0.4 is 15.4 Å². The molecule has 0 aliphatic carbocycles.